The van der Waals surface area contributed by atoms with E-state index in [1.165, 1.54) is 19.3 Å². The Kier molecular flexibility index (Phi) is 6.14. The van der Waals surface area contributed by atoms with Crippen LogP contribution in [0, 0.1) is 29.4 Å². The minimum atomic E-state index is -0.827. The van der Waals surface area contributed by atoms with Crippen LogP contribution in [-0.2, 0) is 0 Å². The first-order valence-electron chi connectivity index (χ1n) is 9.87. The summed E-state index contributed by atoms with van der Waals surface area (Å²) in [6, 6.07) is 3.31. The van der Waals surface area contributed by atoms with Gasteiger partial charge in [-0.15, -0.1) is 0 Å². The molecule has 2 unspecified atom stereocenters. The predicted molar refractivity (Wildman–Crippen MR) is 97.9 cm³/mol. The van der Waals surface area contributed by atoms with Gasteiger partial charge in [0.1, 0.15) is 0 Å². The Labute approximate surface area is 150 Å². The van der Waals surface area contributed by atoms with E-state index >= 15 is 0 Å². The van der Waals surface area contributed by atoms with E-state index in [4.69, 9.17) is 4.74 Å². The molecule has 0 aromatic heterocycles. The van der Waals surface area contributed by atoms with Crippen molar-refractivity contribution >= 4 is 0 Å². The molecular formula is C22H30F2O. The summed E-state index contributed by atoms with van der Waals surface area (Å²) in [5.41, 5.74) is 0.539. The van der Waals surface area contributed by atoms with Gasteiger partial charge in [-0.25, -0.2) is 4.39 Å². The number of rotatable bonds is 5. The fourth-order valence-corrected chi connectivity index (χ4v) is 4.96. The van der Waals surface area contributed by atoms with Gasteiger partial charge in [0, 0.05) is 0 Å². The molecule has 0 heterocycles. The van der Waals surface area contributed by atoms with E-state index in [1.807, 2.05) is 0 Å². The minimum absolute atomic E-state index is 0.0263. The maximum Gasteiger partial charge on any atom is 0.200 e. The van der Waals surface area contributed by atoms with Gasteiger partial charge in [0.15, 0.2) is 11.6 Å². The lowest BCUT2D eigenvalue weighted by molar-refractivity contribution is 0.230. The van der Waals surface area contributed by atoms with Gasteiger partial charge in [0.2, 0.25) is 5.82 Å². The zero-order valence-electron chi connectivity index (χ0n) is 15.4. The molecule has 0 amide bonds. The lowest BCUT2D eigenvalue weighted by Crippen LogP contribution is -2.20. The number of benzene rings is 1. The maximum absolute atomic E-state index is 14.4. The van der Waals surface area contributed by atoms with Crippen LogP contribution in [0.15, 0.2) is 24.3 Å². The van der Waals surface area contributed by atoms with Crippen molar-refractivity contribution in [2.45, 2.75) is 64.7 Å². The second-order valence-electron chi connectivity index (χ2n) is 7.68. The summed E-state index contributed by atoms with van der Waals surface area (Å²) < 4.78 is 33.7. The molecular weight excluding hydrogens is 318 g/mol. The van der Waals surface area contributed by atoms with Crippen molar-refractivity contribution in [2.75, 3.05) is 6.61 Å². The first-order chi connectivity index (χ1) is 12.1. The van der Waals surface area contributed by atoms with E-state index < -0.39 is 11.6 Å². The first kappa shape index (κ1) is 18.4. The Balaban J connectivity index is 1.60. The number of halogens is 2. The number of ether oxygens (including phenoxy) is 1. The Hall–Kier alpha value is -1.38. The molecule has 1 aromatic rings. The van der Waals surface area contributed by atoms with Crippen LogP contribution in [0.4, 0.5) is 8.78 Å². The fraction of sp³-hybridized carbons (Fsp3) is 0.636. The van der Waals surface area contributed by atoms with Crippen molar-refractivity contribution in [1.82, 2.24) is 0 Å². The topological polar surface area (TPSA) is 9.23 Å². The van der Waals surface area contributed by atoms with Crippen LogP contribution in [0.1, 0.15) is 70.3 Å². The average molecular weight is 348 g/mol. The van der Waals surface area contributed by atoms with Gasteiger partial charge in [-0.3, -0.25) is 0 Å². The highest BCUT2D eigenvalue weighted by Crippen LogP contribution is 2.46. The normalized spacial score (nSPS) is 30.1. The van der Waals surface area contributed by atoms with Gasteiger partial charge in [-0.1, -0.05) is 18.2 Å². The fourth-order valence-electron chi connectivity index (χ4n) is 4.96. The second kappa shape index (κ2) is 8.33. The lowest BCUT2D eigenvalue weighted by Gasteiger charge is -2.32. The van der Waals surface area contributed by atoms with Crippen LogP contribution in [0.3, 0.4) is 0 Å². The molecule has 138 valence electrons. The molecule has 0 radical (unpaired) electrons. The molecule has 1 nitrogen and oxygen atoms in total. The highest BCUT2D eigenvalue weighted by molar-refractivity contribution is 5.33. The molecule has 1 aromatic carbocycles. The molecule has 2 atom stereocenters. The monoisotopic (exact) mass is 348 g/mol. The summed E-state index contributed by atoms with van der Waals surface area (Å²) >= 11 is 0. The molecule has 0 spiro atoms. The number of allylic oxidation sites excluding steroid dienone is 2. The van der Waals surface area contributed by atoms with Crippen LogP contribution in [-0.4, -0.2) is 6.61 Å². The van der Waals surface area contributed by atoms with Crippen LogP contribution in [0.5, 0.6) is 5.75 Å². The van der Waals surface area contributed by atoms with E-state index in [0.717, 1.165) is 43.4 Å². The SMILES string of the molecule is C/C=C/C1CCC(C2CCC(c3ccc(OCC)c(F)c3F)CC2)C1. The number of hydrogen-bond acceptors (Lipinski definition) is 1. The number of hydrogen-bond donors (Lipinski definition) is 0. The largest absolute Gasteiger partial charge is 0.491 e. The standard InChI is InChI=1S/C22H30F2O/c1-3-5-15-6-7-18(14-15)16-8-10-17(11-9-16)19-12-13-20(25-4-2)22(24)21(19)23/h3,5,12-13,15-18H,4,6-11,14H2,1-2H3/b5-3+. The van der Waals surface area contributed by atoms with E-state index in [-0.39, 0.29) is 11.7 Å². The molecule has 2 aliphatic carbocycles. The van der Waals surface area contributed by atoms with Gasteiger partial charge in [-0.2, -0.15) is 4.39 Å². The molecule has 2 fully saturated rings. The van der Waals surface area contributed by atoms with Crippen LogP contribution in [0.2, 0.25) is 0 Å². The molecule has 0 bridgehead atoms. The van der Waals surface area contributed by atoms with Crippen molar-refractivity contribution in [2.24, 2.45) is 17.8 Å². The summed E-state index contributed by atoms with van der Waals surface area (Å²) in [6.07, 6.45) is 12.7. The smallest absolute Gasteiger partial charge is 0.200 e. The lowest BCUT2D eigenvalue weighted by atomic mass is 9.73. The third-order valence-electron chi connectivity index (χ3n) is 6.23. The summed E-state index contributed by atoms with van der Waals surface area (Å²) in [5.74, 6) is 0.985. The van der Waals surface area contributed by atoms with E-state index in [9.17, 15) is 8.78 Å². The molecule has 0 saturated heterocycles. The third kappa shape index (κ3) is 4.07. The second-order valence-corrected chi connectivity index (χ2v) is 7.68. The van der Waals surface area contributed by atoms with Crippen LogP contribution in [0.25, 0.3) is 0 Å². The highest BCUT2D eigenvalue weighted by atomic mass is 19.2. The van der Waals surface area contributed by atoms with Crippen LogP contribution < -0.4 is 4.74 Å². The van der Waals surface area contributed by atoms with E-state index in [1.54, 1.807) is 19.1 Å². The summed E-state index contributed by atoms with van der Waals surface area (Å²) in [6.45, 7) is 4.22. The van der Waals surface area contributed by atoms with Crippen molar-refractivity contribution in [1.29, 1.82) is 0 Å². The highest BCUT2D eigenvalue weighted by Gasteiger charge is 2.33. The van der Waals surface area contributed by atoms with Gasteiger partial charge in [-0.05, 0) is 94.1 Å². The van der Waals surface area contributed by atoms with Crippen molar-refractivity contribution < 1.29 is 13.5 Å². The maximum atomic E-state index is 14.4. The Morgan fingerprint density at radius 1 is 1.00 bits per heavy atom. The molecule has 3 rings (SSSR count). The van der Waals surface area contributed by atoms with Gasteiger partial charge in [0.05, 0.1) is 6.61 Å². The molecule has 2 saturated carbocycles. The Morgan fingerprint density at radius 2 is 1.72 bits per heavy atom. The quantitative estimate of drug-likeness (QED) is 0.543. The molecule has 3 heteroatoms. The average Bonchev–Trinajstić information content (AvgIpc) is 3.09. The zero-order chi connectivity index (χ0) is 17.8. The van der Waals surface area contributed by atoms with Crippen molar-refractivity contribution in [3.05, 3.63) is 41.5 Å². The van der Waals surface area contributed by atoms with Gasteiger partial charge >= 0.3 is 0 Å². The zero-order valence-corrected chi connectivity index (χ0v) is 15.4. The van der Waals surface area contributed by atoms with E-state index in [0.29, 0.717) is 12.2 Å². The summed E-state index contributed by atoms with van der Waals surface area (Å²) in [4.78, 5) is 0. The first-order valence-corrected chi connectivity index (χ1v) is 9.87. The Morgan fingerprint density at radius 3 is 2.40 bits per heavy atom. The third-order valence-corrected chi connectivity index (χ3v) is 6.23. The Bertz CT molecular complexity index is 602. The van der Waals surface area contributed by atoms with Crippen LogP contribution >= 0.6 is 0 Å². The minimum Gasteiger partial charge on any atom is -0.491 e. The molecule has 2 aliphatic rings. The van der Waals surface area contributed by atoms with Crippen molar-refractivity contribution in [3.63, 3.8) is 0 Å². The summed E-state index contributed by atoms with van der Waals surface area (Å²) in [5, 5.41) is 0. The van der Waals surface area contributed by atoms with Crippen molar-refractivity contribution in [3.8, 4) is 5.75 Å². The summed E-state index contributed by atoms with van der Waals surface area (Å²) in [7, 11) is 0. The molecule has 0 aliphatic heterocycles. The molecule has 25 heavy (non-hydrogen) atoms. The predicted octanol–water partition coefficient (Wildman–Crippen LogP) is 6.63. The van der Waals surface area contributed by atoms with Gasteiger partial charge in [0.25, 0.3) is 0 Å². The van der Waals surface area contributed by atoms with Gasteiger partial charge < -0.3 is 4.74 Å². The van der Waals surface area contributed by atoms with E-state index in [2.05, 4.69) is 19.1 Å². The molecule has 0 N–H and O–H groups in total.